The molecule has 0 bridgehead atoms. The van der Waals surface area contributed by atoms with Gasteiger partial charge in [0.15, 0.2) is 0 Å². The Morgan fingerprint density at radius 2 is 0.818 bits per heavy atom. The molecule has 0 radical (unpaired) electrons. The average Bonchev–Trinajstić information content (AvgIpc) is 3.76. The zero-order valence-electron chi connectivity index (χ0n) is 36.9. The monoisotopic (exact) mass is 881 g/mol. The van der Waals surface area contributed by atoms with Crippen molar-refractivity contribution in [3.8, 4) is 50.8 Å². The second kappa shape index (κ2) is 15.3. The van der Waals surface area contributed by atoms with Crippen LogP contribution in [0.4, 0.5) is 26.3 Å². The molecule has 0 atom stereocenters. The summed E-state index contributed by atoms with van der Waals surface area (Å²) in [6, 6.07) is 43.0. The highest BCUT2D eigenvalue weighted by molar-refractivity contribution is 6.12. The lowest BCUT2D eigenvalue weighted by Crippen LogP contribution is -2.11. The molecule has 0 amide bonds. The maximum Gasteiger partial charge on any atom is 0.416 e. The van der Waals surface area contributed by atoms with Crippen molar-refractivity contribution >= 4 is 43.6 Å². The van der Waals surface area contributed by atoms with Crippen LogP contribution < -0.4 is 0 Å². The van der Waals surface area contributed by atoms with Crippen molar-refractivity contribution in [2.45, 2.75) is 53.9 Å². The van der Waals surface area contributed by atoms with Crippen LogP contribution in [-0.4, -0.2) is 9.13 Å². The summed E-state index contributed by atoms with van der Waals surface area (Å²) in [4.78, 5) is 0. The lowest BCUT2D eigenvalue weighted by atomic mass is 9.93. The molecule has 0 aliphatic carbocycles. The number of hydrogen-bond acceptors (Lipinski definition) is 1. The summed E-state index contributed by atoms with van der Waals surface area (Å²) >= 11 is 0. The fraction of sp³-hybridized carbons (Fsp3) is 0.140. The van der Waals surface area contributed by atoms with Crippen molar-refractivity contribution in [2.75, 3.05) is 0 Å². The van der Waals surface area contributed by atoms with E-state index in [1.807, 2.05) is 88.9 Å². The predicted molar refractivity (Wildman–Crippen MR) is 255 cm³/mol. The number of fused-ring (bicyclic) bond motifs is 6. The third kappa shape index (κ3) is 6.91. The molecule has 66 heavy (non-hydrogen) atoms. The molecule has 10 rings (SSSR count). The summed E-state index contributed by atoms with van der Waals surface area (Å²) in [5.41, 5.74) is 11.2. The van der Waals surface area contributed by atoms with Crippen molar-refractivity contribution < 1.29 is 26.3 Å². The summed E-state index contributed by atoms with van der Waals surface area (Å²) in [6.07, 6.45) is -10.2. The Morgan fingerprint density at radius 3 is 1.24 bits per heavy atom. The maximum absolute atomic E-state index is 14.7. The number of aryl methyl sites for hydroxylation is 6. The van der Waals surface area contributed by atoms with E-state index in [9.17, 15) is 31.6 Å². The van der Waals surface area contributed by atoms with E-state index in [2.05, 4.69) is 77.1 Å². The van der Waals surface area contributed by atoms with E-state index in [0.717, 1.165) is 89.3 Å². The van der Waals surface area contributed by atoms with Crippen molar-refractivity contribution in [2.24, 2.45) is 0 Å². The quantitative estimate of drug-likeness (QED) is 0.159. The van der Waals surface area contributed by atoms with Gasteiger partial charge >= 0.3 is 12.4 Å². The molecule has 9 heteroatoms. The van der Waals surface area contributed by atoms with Gasteiger partial charge in [-0.15, -0.1) is 0 Å². The van der Waals surface area contributed by atoms with Crippen molar-refractivity contribution in [1.29, 1.82) is 5.26 Å². The molecule has 3 nitrogen and oxygen atoms in total. The highest BCUT2D eigenvalue weighted by atomic mass is 19.4. The minimum absolute atomic E-state index is 0.0750. The topological polar surface area (TPSA) is 33.6 Å². The van der Waals surface area contributed by atoms with Gasteiger partial charge in [-0.1, -0.05) is 83.9 Å². The van der Waals surface area contributed by atoms with Crippen LogP contribution in [0.3, 0.4) is 0 Å². The van der Waals surface area contributed by atoms with Crippen LogP contribution in [0.5, 0.6) is 0 Å². The molecule has 2 aromatic heterocycles. The molecule has 326 valence electrons. The first-order valence-electron chi connectivity index (χ1n) is 21.5. The van der Waals surface area contributed by atoms with Crippen LogP contribution in [0.1, 0.15) is 50.1 Å². The minimum Gasteiger partial charge on any atom is -0.309 e. The standard InChI is InChI=1S/C57H41F6N3/c1-31-19-33(3)54(34(4)20-31)37-15-17-50-46(25-37)43-11-7-9-13-48(43)65(50)52-29-45(39-23-41(56(58,59)60)28-42(24-39)57(61,62)63)53(27-40(52)30-64)66-49-14-10-8-12-44(49)47-26-38(16-18-51(47)66)55-35(5)21-32(2)22-36(55)6/h7-29H,1-6H3. The van der Waals surface area contributed by atoms with Crippen LogP contribution in [0, 0.1) is 52.9 Å². The Labute approximate surface area is 377 Å². The van der Waals surface area contributed by atoms with Gasteiger partial charge in [-0.05, 0) is 158 Å². The summed E-state index contributed by atoms with van der Waals surface area (Å²) in [7, 11) is 0. The first kappa shape index (κ1) is 42.4. The first-order chi connectivity index (χ1) is 31.4. The fourth-order valence-corrected chi connectivity index (χ4v) is 10.4. The highest BCUT2D eigenvalue weighted by Gasteiger charge is 2.37. The largest absolute Gasteiger partial charge is 0.416 e. The Bertz CT molecular complexity index is 3630. The molecule has 0 aliphatic rings. The van der Waals surface area contributed by atoms with E-state index in [1.165, 1.54) is 0 Å². The third-order valence-corrected chi connectivity index (χ3v) is 12.9. The summed E-state index contributed by atoms with van der Waals surface area (Å²) in [5, 5.41) is 14.5. The van der Waals surface area contributed by atoms with E-state index in [-0.39, 0.29) is 28.4 Å². The van der Waals surface area contributed by atoms with Gasteiger partial charge in [0.1, 0.15) is 6.07 Å². The molecule has 0 saturated carbocycles. The number of hydrogen-bond donors (Lipinski definition) is 0. The van der Waals surface area contributed by atoms with Gasteiger partial charge in [-0.25, -0.2) is 0 Å². The summed E-state index contributed by atoms with van der Waals surface area (Å²) in [6.45, 7) is 12.4. The molecule has 0 N–H and O–H groups in total. The van der Waals surface area contributed by atoms with Crippen molar-refractivity contribution in [1.82, 2.24) is 9.13 Å². The van der Waals surface area contributed by atoms with Gasteiger partial charge in [0, 0.05) is 27.1 Å². The van der Waals surface area contributed by atoms with Gasteiger partial charge in [0.2, 0.25) is 0 Å². The number of halogens is 6. The number of rotatable bonds is 5. The first-order valence-corrected chi connectivity index (χ1v) is 21.5. The van der Waals surface area contributed by atoms with Gasteiger partial charge < -0.3 is 9.13 Å². The lowest BCUT2D eigenvalue weighted by molar-refractivity contribution is -0.143. The Morgan fingerprint density at radius 1 is 0.409 bits per heavy atom. The summed E-state index contributed by atoms with van der Waals surface area (Å²) < 4.78 is 91.8. The number of benzene rings is 8. The Hall–Kier alpha value is -7.57. The van der Waals surface area contributed by atoms with E-state index in [1.54, 1.807) is 12.1 Å². The number of nitriles is 1. The molecule has 8 aromatic carbocycles. The molecule has 0 fully saturated rings. The van der Waals surface area contributed by atoms with Gasteiger partial charge in [0.25, 0.3) is 0 Å². The van der Waals surface area contributed by atoms with Crippen LogP contribution >= 0.6 is 0 Å². The minimum atomic E-state index is -5.10. The summed E-state index contributed by atoms with van der Waals surface area (Å²) in [5.74, 6) is 0. The van der Waals surface area contributed by atoms with Crippen molar-refractivity contribution in [3.63, 3.8) is 0 Å². The van der Waals surface area contributed by atoms with Gasteiger partial charge in [0.05, 0.1) is 50.1 Å². The molecule has 0 aliphatic heterocycles. The second-order valence-electron chi connectivity index (χ2n) is 17.5. The molecule has 10 aromatic rings. The van der Waals surface area contributed by atoms with E-state index < -0.39 is 23.5 Å². The van der Waals surface area contributed by atoms with E-state index >= 15 is 0 Å². The van der Waals surface area contributed by atoms with Gasteiger partial charge in [-0.3, -0.25) is 0 Å². The normalized spacial score (nSPS) is 12.2. The SMILES string of the molecule is Cc1cc(C)c(-c2ccc3c(c2)c2ccccc2n3-c2cc(-c3cc(C(F)(F)F)cc(C(F)(F)F)c3)c(-n3c4ccccc4c4cc(-c5c(C)cc(C)cc5C)ccc43)cc2C#N)c(C)c1. The Balaban J connectivity index is 1.31. The molecule has 0 unspecified atom stereocenters. The molecular formula is C57H41F6N3. The predicted octanol–water partition coefficient (Wildman–Crippen LogP) is 16.6. The van der Waals surface area contributed by atoms with Crippen LogP contribution in [0.2, 0.25) is 0 Å². The average molecular weight is 882 g/mol. The molecular weight excluding hydrogens is 841 g/mol. The number of para-hydroxylation sites is 2. The van der Waals surface area contributed by atoms with Crippen LogP contribution in [0.25, 0.3) is 88.4 Å². The van der Waals surface area contributed by atoms with Crippen molar-refractivity contribution in [3.05, 3.63) is 190 Å². The fourth-order valence-electron chi connectivity index (χ4n) is 10.4. The number of alkyl halides is 6. The third-order valence-electron chi connectivity index (χ3n) is 12.9. The molecule has 2 heterocycles. The van der Waals surface area contributed by atoms with E-state index in [0.29, 0.717) is 27.8 Å². The molecule has 0 spiro atoms. The Kier molecular flexibility index (Phi) is 9.81. The van der Waals surface area contributed by atoms with Gasteiger partial charge in [-0.2, -0.15) is 31.6 Å². The number of nitrogens with zero attached hydrogens (tertiary/aromatic N) is 3. The zero-order chi connectivity index (χ0) is 46.6. The molecule has 0 saturated heterocycles. The van der Waals surface area contributed by atoms with Crippen LogP contribution in [0.15, 0.2) is 140 Å². The zero-order valence-corrected chi connectivity index (χ0v) is 36.9. The second-order valence-corrected chi connectivity index (χ2v) is 17.5. The highest BCUT2D eigenvalue weighted by Crippen LogP contribution is 2.45. The van der Waals surface area contributed by atoms with Crippen LogP contribution in [-0.2, 0) is 12.4 Å². The maximum atomic E-state index is 14.7. The number of aromatic nitrogens is 2. The smallest absolute Gasteiger partial charge is 0.309 e. The lowest BCUT2D eigenvalue weighted by Gasteiger charge is -2.21. The van der Waals surface area contributed by atoms with E-state index in [4.69, 9.17) is 0 Å².